The van der Waals surface area contributed by atoms with Gasteiger partial charge in [0, 0.05) is 34.6 Å². The predicted octanol–water partition coefficient (Wildman–Crippen LogP) is 1.08. The van der Waals surface area contributed by atoms with Gasteiger partial charge in [0.25, 0.3) is 0 Å². The standard InChI is InChI=1S/C23H28O12/c1-12(24)29-11-18(30-13(2)25)19(31-14(3)26)20-21(32-15(4)27)22(33-16(5)28)23(35-20)34-17-9-7-6-8-10-17/h6-10,18-23H,11H2,1-5H3/t18-,19-,20+,21-,22-,23+/m0/s1. The molecular formula is C23H28O12. The third kappa shape index (κ3) is 8.56. The minimum atomic E-state index is -1.44. The van der Waals surface area contributed by atoms with Crippen LogP contribution in [0.4, 0.5) is 0 Å². The Kier molecular flexibility index (Phi) is 10.0. The summed E-state index contributed by atoms with van der Waals surface area (Å²) >= 11 is 0. The monoisotopic (exact) mass is 496 g/mol. The summed E-state index contributed by atoms with van der Waals surface area (Å²) in [6.45, 7) is 5.11. The number of ether oxygens (including phenoxy) is 7. The Balaban J connectivity index is 2.50. The molecule has 1 aromatic carbocycles. The number of hydrogen-bond donors (Lipinski definition) is 0. The molecule has 6 atom stereocenters. The van der Waals surface area contributed by atoms with E-state index in [0.29, 0.717) is 5.75 Å². The van der Waals surface area contributed by atoms with Gasteiger partial charge in [-0.15, -0.1) is 0 Å². The molecule has 12 heteroatoms. The van der Waals surface area contributed by atoms with Gasteiger partial charge in [-0.1, -0.05) is 18.2 Å². The Morgan fingerprint density at radius 3 is 1.86 bits per heavy atom. The van der Waals surface area contributed by atoms with Crippen molar-refractivity contribution in [2.45, 2.75) is 71.4 Å². The molecule has 0 radical (unpaired) electrons. The van der Waals surface area contributed by atoms with E-state index >= 15 is 0 Å². The normalized spacial score (nSPS) is 22.8. The zero-order valence-corrected chi connectivity index (χ0v) is 20.0. The van der Waals surface area contributed by atoms with E-state index in [2.05, 4.69) is 0 Å². The van der Waals surface area contributed by atoms with Gasteiger partial charge in [0.1, 0.15) is 18.5 Å². The van der Waals surface area contributed by atoms with Gasteiger partial charge < -0.3 is 33.2 Å². The molecular weight excluding hydrogens is 468 g/mol. The van der Waals surface area contributed by atoms with Crippen LogP contribution in [0.2, 0.25) is 0 Å². The zero-order valence-electron chi connectivity index (χ0n) is 20.0. The molecule has 0 unspecified atom stereocenters. The van der Waals surface area contributed by atoms with Gasteiger partial charge in [-0.3, -0.25) is 24.0 Å². The third-order valence-electron chi connectivity index (χ3n) is 4.57. The summed E-state index contributed by atoms with van der Waals surface area (Å²) in [7, 11) is 0. The lowest BCUT2D eigenvalue weighted by Gasteiger charge is -2.32. The minimum absolute atomic E-state index is 0.345. The fourth-order valence-electron chi connectivity index (χ4n) is 3.44. The van der Waals surface area contributed by atoms with E-state index < -0.39 is 73.3 Å². The summed E-state index contributed by atoms with van der Waals surface area (Å²) < 4.78 is 38.1. The van der Waals surface area contributed by atoms with Crippen molar-refractivity contribution in [2.75, 3.05) is 6.61 Å². The number of hydrogen-bond acceptors (Lipinski definition) is 12. The Hall–Kier alpha value is -3.67. The van der Waals surface area contributed by atoms with Crippen molar-refractivity contribution in [2.24, 2.45) is 0 Å². The molecule has 1 heterocycles. The van der Waals surface area contributed by atoms with Gasteiger partial charge in [-0.25, -0.2) is 0 Å². The quantitative estimate of drug-likeness (QED) is 0.337. The summed E-state index contributed by atoms with van der Waals surface area (Å²) in [6, 6.07) is 8.39. The van der Waals surface area contributed by atoms with Crippen molar-refractivity contribution in [1.29, 1.82) is 0 Å². The van der Waals surface area contributed by atoms with Crippen LogP contribution in [0.1, 0.15) is 34.6 Å². The molecule has 0 aliphatic carbocycles. The molecule has 2 rings (SSSR count). The number of carbonyl (C=O) groups is 5. The number of rotatable bonds is 10. The molecule has 192 valence electrons. The van der Waals surface area contributed by atoms with Gasteiger partial charge in [0.15, 0.2) is 18.3 Å². The molecule has 0 amide bonds. The van der Waals surface area contributed by atoms with Gasteiger partial charge in [0.2, 0.25) is 12.4 Å². The maximum Gasteiger partial charge on any atom is 0.303 e. The van der Waals surface area contributed by atoms with E-state index in [1.165, 1.54) is 0 Å². The van der Waals surface area contributed by atoms with Crippen molar-refractivity contribution in [3.63, 3.8) is 0 Å². The van der Waals surface area contributed by atoms with Crippen molar-refractivity contribution in [1.82, 2.24) is 0 Å². The van der Waals surface area contributed by atoms with Crippen LogP contribution in [-0.4, -0.2) is 73.3 Å². The molecule has 0 bridgehead atoms. The number of carbonyl (C=O) groups excluding carboxylic acids is 5. The molecule has 0 spiro atoms. The van der Waals surface area contributed by atoms with E-state index in [1.807, 2.05) is 0 Å². The first-order chi connectivity index (χ1) is 16.5. The van der Waals surface area contributed by atoms with E-state index in [9.17, 15) is 24.0 Å². The Morgan fingerprint density at radius 1 is 0.771 bits per heavy atom. The fraction of sp³-hybridized carbons (Fsp3) is 0.522. The van der Waals surface area contributed by atoms with Crippen molar-refractivity contribution >= 4 is 29.8 Å². The SMILES string of the molecule is CC(=O)OC[C@H](OC(C)=O)[C@H](OC(C)=O)[C@H]1O[C@@H](Oc2ccccc2)[C@@H](OC(C)=O)[C@H]1OC(C)=O. The van der Waals surface area contributed by atoms with E-state index in [0.717, 1.165) is 34.6 Å². The highest BCUT2D eigenvalue weighted by atomic mass is 16.7. The molecule has 1 aromatic rings. The lowest BCUT2D eigenvalue weighted by molar-refractivity contribution is -0.198. The number of benzene rings is 1. The van der Waals surface area contributed by atoms with Crippen molar-refractivity contribution in [3.8, 4) is 5.75 Å². The second-order valence-corrected chi connectivity index (χ2v) is 7.57. The van der Waals surface area contributed by atoms with Crippen LogP contribution in [0, 0.1) is 0 Å². The van der Waals surface area contributed by atoms with Crippen LogP contribution in [0.3, 0.4) is 0 Å². The lowest BCUT2D eigenvalue weighted by atomic mass is 10.0. The maximum absolute atomic E-state index is 11.9. The molecule has 1 aliphatic rings. The van der Waals surface area contributed by atoms with Crippen molar-refractivity contribution < 1.29 is 57.1 Å². The molecule has 0 N–H and O–H groups in total. The Bertz CT molecular complexity index is 914. The Labute approximate surface area is 201 Å². The topological polar surface area (TPSA) is 150 Å². The van der Waals surface area contributed by atoms with Crippen LogP contribution < -0.4 is 4.74 Å². The molecule has 0 aromatic heterocycles. The van der Waals surface area contributed by atoms with Gasteiger partial charge in [0.05, 0.1) is 0 Å². The fourth-order valence-corrected chi connectivity index (χ4v) is 3.44. The molecule has 1 saturated heterocycles. The summed E-state index contributed by atoms with van der Waals surface area (Å²) in [4.78, 5) is 58.9. The first-order valence-corrected chi connectivity index (χ1v) is 10.7. The van der Waals surface area contributed by atoms with Crippen molar-refractivity contribution in [3.05, 3.63) is 30.3 Å². The highest BCUT2D eigenvalue weighted by molar-refractivity contribution is 5.69. The first-order valence-electron chi connectivity index (χ1n) is 10.7. The third-order valence-corrected chi connectivity index (χ3v) is 4.57. The second kappa shape index (κ2) is 12.7. The molecule has 0 saturated carbocycles. The van der Waals surface area contributed by atoms with Crippen LogP contribution >= 0.6 is 0 Å². The highest BCUT2D eigenvalue weighted by Crippen LogP contribution is 2.33. The Morgan fingerprint density at radius 2 is 1.34 bits per heavy atom. The average molecular weight is 496 g/mol. The average Bonchev–Trinajstić information content (AvgIpc) is 3.05. The predicted molar refractivity (Wildman–Crippen MR) is 115 cm³/mol. The molecule has 12 nitrogen and oxygen atoms in total. The number of esters is 5. The summed E-state index contributed by atoms with van der Waals surface area (Å²) in [5.74, 6) is -3.38. The number of para-hydroxylation sites is 1. The zero-order chi connectivity index (χ0) is 26.1. The van der Waals surface area contributed by atoms with Crippen LogP contribution in [0.5, 0.6) is 5.75 Å². The molecule has 35 heavy (non-hydrogen) atoms. The molecule has 1 fully saturated rings. The van der Waals surface area contributed by atoms with Crippen LogP contribution in [0.25, 0.3) is 0 Å². The summed E-state index contributed by atoms with van der Waals surface area (Å²) in [5.41, 5.74) is 0. The van der Waals surface area contributed by atoms with Gasteiger partial charge in [-0.2, -0.15) is 0 Å². The first kappa shape index (κ1) is 27.6. The highest BCUT2D eigenvalue weighted by Gasteiger charge is 2.56. The smallest absolute Gasteiger partial charge is 0.303 e. The van der Waals surface area contributed by atoms with E-state index in [4.69, 9.17) is 33.2 Å². The second-order valence-electron chi connectivity index (χ2n) is 7.57. The maximum atomic E-state index is 11.9. The lowest BCUT2D eigenvalue weighted by Crippen LogP contribution is -2.52. The summed E-state index contributed by atoms with van der Waals surface area (Å²) in [6.07, 6.45) is -8.07. The largest absolute Gasteiger partial charge is 0.462 e. The van der Waals surface area contributed by atoms with E-state index in [-0.39, 0.29) is 0 Å². The minimum Gasteiger partial charge on any atom is -0.462 e. The summed E-state index contributed by atoms with van der Waals surface area (Å²) in [5, 5.41) is 0. The van der Waals surface area contributed by atoms with E-state index in [1.54, 1.807) is 30.3 Å². The molecule has 1 aliphatic heterocycles. The van der Waals surface area contributed by atoms with Crippen LogP contribution in [0.15, 0.2) is 30.3 Å². The van der Waals surface area contributed by atoms with Gasteiger partial charge >= 0.3 is 29.8 Å². The van der Waals surface area contributed by atoms with Crippen LogP contribution in [-0.2, 0) is 52.4 Å². The van der Waals surface area contributed by atoms with Gasteiger partial charge in [-0.05, 0) is 12.1 Å².